The van der Waals surface area contributed by atoms with Crippen LogP contribution < -0.4 is 10.1 Å². The molecule has 3 aromatic carbocycles. The first kappa shape index (κ1) is 19.0. The quantitative estimate of drug-likeness (QED) is 0.669. The van der Waals surface area contributed by atoms with Crippen molar-refractivity contribution in [3.63, 3.8) is 0 Å². The van der Waals surface area contributed by atoms with Crippen molar-refractivity contribution < 1.29 is 14.3 Å². The highest BCUT2D eigenvalue weighted by atomic mass is 35.5. The Balaban J connectivity index is 1.70. The molecule has 0 unspecified atom stereocenters. The van der Waals surface area contributed by atoms with Gasteiger partial charge in [0.2, 0.25) is 0 Å². The number of carbonyl (C=O) groups excluding carboxylic acids is 2. The number of fused-ring (bicyclic) bond motifs is 1. The first-order valence-corrected chi connectivity index (χ1v) is 9.54. The zero-order valence-corrected chi connectivity index (χ0v) is 16.5. The van der Waals surface area contributed by atoms with Gasteiger partial charge in [0.15, 0.2) is 0 Å². The Morgan fingerprint density at radius 2 is 1.79 bits per heavy atom. The molecule has 2 amide bonds. The van der Waals surface area contributed by atoms with Crippen molar-refractivity contribution in [2.75, 3.05) is 12.4 Å². The van der Waals surface area contributed by atoms with E-state index in [1.165, 1.54) is 7.11 Å². The number of rotatable bonds is 5. The molecule has 0 fully saturated rings. The lowest BCUT2D eigenvalue weighted by Crippen LogP contribution is -2.37. The maximum Gasteiger partial charge on any atom is 0.255 e. The van der Waals surface area contributed by atoms with E-state index in [1.807, 2.05) is 48.5 Å². The molecule has 1 heterocycles. The lowest BCUT2D eigenvalue weighted by Gasteiger charge is -2.27. The highest BCUT2D eigenvalue weighted by molar-refractivity contribution is 6.31. The number of benzene rings is 3. The minimum Gasteiger partial charge on any atom is -0.495 e. The molecule has 6 heteroatoms. The first-order valence-electron chi connectivity index (χ1n) is 9.16. The van der Waals surface area contributed by atoms with Crippen LogP contribution in [0.2, 0.25) is 5.02 Å². The lowest BCUT2D eigenvalue weighted by atomic mass is 10.0. The lowest BCUT2D eigenvalue weighted by molar-refractivity contribution is -0.120. The number of nitrogens with zero attached hydrogens (tertiary/aromatic N) is 1. The molecule has 29 heavy (non-hydrogen) atoms. The Bertz CT molecular complexity index is 1070. The zero-order valence-electron chi connectivity index (χ0n) is 15.8. The summed E-state index contributed by atoms with van der Waals surface area (Å²) in [5, 5.41) is 3.36. The smallest absolute Gasteiger partial charge is 0.255 e. The van der Waals surface area contributed by atoms with Gasteiger partial charge in [0.1, 0.15) is 11.8 Å². The van der Waals surface area contributed by atoms with E-state index < -0.39 is 6.04 Å². The van der Waals surface area contributed by atoms with Crippen molar-refractivity contribution in [3.8, 4) is 5.75 Å². The number of ether oxygens (including phenoxy) is 1. The van der Waals surface area contributed by atoms with Crippen molar-refractivity contribution >= 4 is 29.1 Å². The molecule has 0 saturated heterocycles. The molecule has 0 aliphatic carbocycles. The van der Waals surface area contributed by atoms with Crippen molar-refractivity contribution in [1.82, 2.24) is 4.90 Å². The van der Waals surface area contributed by atoms with Gasteiger partial charge in [-0.2, -0.15) is 0 Å². The molecule has 4 rings (SSSR count). The number of hydrogen-bond donors (Lipinski definition) is 1. The third-order valence-corrected chi connectivity index (χ3v) is 5.18. The van der Waals surface area contributed by atoms with Crippen molar-refractivity contribution in [1.29, 1.82) is 0 Å². The van der Waals surface area contributed by atoms with E-state index >= 15 is 0 Å². The summed E-state index contributed by atoms with van der Waals surface area (Å²) in [6, 6.07) is 20.9. The van der Waals surface area contributed by atoms with Gasteiger partial charge in [-0.1, -0.05) is 60.1 Å². The van der Waals surface area contributed by atoms with Gasteiger partial charge in [-0.25, -0.2) is 0 Å². The van der Waals surface area contributed by atoms with Gasteiger partial charge >= 0.3 is 0 Å². The summed E-state index contributed by atoms with van der Waals surface area (Å²) < 4.78 is 5.33. The molecule has 0 bridgehead atoms. The average Bonchev–Trinajstić information content (AvgIpc) is 3.06. The maximum atomic E-state index is 13.4. The molecule has 0 saturated carbocycles. The van der Waals surface area contributed by atoms with Gasteiger partial charge in [0.25, 0.3) is 11.8 Å². The minimum atomic E-state index is -0.792. The maximum absolute atomic E-state index is 13.4. The number of nitrogens with one attached hydrogen (secondary N) is 1. The summed E-state index contributed by atoms with van der Waals surface area (Å²) in [5.74, 6) is -0.00817. The van der Waals surface area contributed by atoms with Crippen LogP contribution in [0.1, 0.15) is 27.5 Å². The van der Waals surface area contributed by atoms with Crippen LogP contribution in [0.4, 0.5) is 5.69 Å². The summed E-state index contributed by atoms with van der Waals surface area (Å²) in [5.41, 5.74) is 2.72. The number of carbonyl (C=O) groups is 2. The topological polar surface area (TPSA) is 58.6 Å². The summed E-state index contributed by atoms with van der Waals surface area (Å²) in [6.07, 6.45) is 0. The molecule has 1 aliphatic heterocycles. The van der Waals surface area contributed by atoms with E-state index in [4.69, 9.17) is 16.3 Å². The molecule has 5 nitrogen and oxygen atoms in total. The van der Waals surface area contributed by atoms with E-state index in [9.17, 15) is 9.59 Å². The number of methoxy groups -OCH3 is 1. The van der Waals surface area contributed by atoms with Crippen LogP contribution in [-0.2, 0) is 11.3 Å². The highest BCUT2D eigenvalue weighted by Crippen LogP contribution is 2.34. The van der Waals surface area contributed by atoms with Gasteiger partial charge in [0.05, 0.1) is 12.8 Å². The Kier molecular flexibility index (Phi) is 5.23. The predicted octanol–water partition coefficient (Wildman–Crippen LogP) is 4.68. The van der Waals surface area contributed by atoms with Crippen LogP contribution in [0.3, 0.4) is 0 Å². The zero-order chi connectivity index (χ0) is 20.4. The Hall–Kier alpha value is -3.31. The third kappa shape index (κ3) is 3.69. The summed E-state index contributed by atoms with van der Waals surface area (Å²) in [6.45, 7) is 0.370. The molecule has 3 aromatic rings. The second-order valence-electron chi connectivity index (χ2n) is 6.74. The Labute approximate surface area is 173 Å². The van der Waals surface area contributed by atoms with Gasteiger partial charge < -0.3 is 15.0 Å². The molecule has 1 aliphatic rings. The average molecular weight is 407 g/mol. The largest absolute Gasteiger partial charge is 0.495 e. The van der Waals surface area contributed by atoms with Crippen LogP contribution in [0.5, 0.6) is 5.75 Å². The molecule has 0 spiro atoms. The molecular weight excluding hydrogens is 388 g/mol. The van der Waals surface area contributed by atoms with Gasteiger partial charge in [-0.05, 0) is 35.4 Å². The van der Waals surface area contributed by atoms with Crippen molar-refractivity contribution in [2.24, 2.45) is 0 Å². The molecule has 1 atom stereocenters. The van der Waals surface area contributed by atoms with Crippen molar-refractivity contribution in [3.05, 3.63) is 94.5 Å². The fraction of sp³-hybridized carbons (Fsp3) is 0.130. The summed E-state index contributed by atoms with van der Waals surface area (Å²) >= 11 is 6.09. The SMILES string of the molecule is COc1ccc(Cl)cc1NC(=O)[C@@H](c1ccccc1)N1Cc2ccccc2C1=O. The van der Waals surface area contributed by atoms with Crippen LogP contribution in [0.15, 0.2) is 72.8 Å². The fourth-order valence-corrected chi connectivity index (χ4v) is 3.74. The van der Waals surface area contributed by atoms with Crippen molar-refractivity contribution in [2.45, 2.75) is 12.6 Å². The third-order valence-electron chi connectivity index (χ3n) is 4.94. The van der Waals surface area contributed by atoms with Gasteiger partial charge in [-0.15, -0.1) is 0 Å². The normalized spacial score (nSPS) is 13.7. The molecule has 0 aromatic heterocycles. The standard InChI is InChI=1S/C23H19ClN2O3/c1-29-20-12-11-17(24)13-19(20)25-22(27)21(15-7-3-2-4-8-15)26-14-16-9-5-6-10-18(16)23(26)28/h2-13,21H,14H2,1H3,(H,25,27)/t21-/m1/s1. The highest BCUT2D eigenvalue weighted by Gasteiger charge is 2.37. The van der Waals surface area contributed by atoms with Crippen LogP contribution in [0.25, 0.3) is 0 Å². The Morgan fingerprint density at radius 3 is 2.52 bits per heavy atom. The van der Waals surface area contributed by atoms with Gasteiger partial charge in [0, 0.05) is 17.1 Å². The van der Waals surface area contributed by atoms with E-state index in [0.717, 1.165) is 11.1 Å². The predicted molar refractivity (Wildman–Crippen MR) is 112 cm³/mol. The van der Waals surface area contributed by atoms with E-state index in [0.29, 0.717) is 28.6 Å². The van der Waals surface area contributed by atoms with E-state index in [1.54, 1.807) is 29.2 Å². The molecular formula is C23H19ClN2O3. The number of halogens is 1. The van der Waals surface area contributed by atoms with E-state index in [-0.39, 0.29) is 11.8 Å². The minimum absolute atomic E-state index is 0.164. The summed E-state index contributed by atoms with van der Waals surface area (Å²) in [4.78, 5) is 28.0. The molecule has 0 radical (unpaired) electrons. The fourth-order valence-electron chi connectivity index (χ4n) is 3.57. The van der Waals surface area contributed by atoms with E-state index in [2.05, 4.69) is 5.32 Å². The van der Waals surface area contributed by atoms with Crippen LogP contribution in [-0.4, -0.2) is 23.8 Å². The second-order valence-corrected chi connectivity index (χ2v) is 7.17. The number of anilines is 1. The Morgan fingerprint density at radius 1 is 1.07 bits per heavy atom. The van der Waals surface area contributed by atoms with Gasteiger partial charge in [-0.3, -0.25) is 9.59 Å². The van der Waals surface area contributed by atoms with Crippen LogP contribution in [0, 0.1) is 0 Å². The monoisotopic (exact) mass is 406 g/mol. The second kappa shape index (κ2) is 7.97. The number of hydrogen-bond acceptors (Lipinski definition) is 3. The molecule has 146 valence electrons. The first-order chi connectivity index (χ1) is 14.1. The molecule has 1 N–H and O–H groups in total. The number of amides is 2. The summed E-state index contributed by atoms with van der Waals surface area (Å²) in [7, 11) is 1.52. The van der Waals surface area contributed by atoms with Crippen LogP contribution >= 0.6 is 11.6 Å².